The van der Waals surface area contributed by atoms with Gasteiger partial charge in [-0.05, 0) is 40.3 Å². The van der Waals surface area contributed by atoms with Gasteiger partial charge in [0.25, 0.3) is 0 Å². The summed E-state index contributed by atoms with van der Waals surface area (Å²) in [4.78, 5) is 22.8. The third-order valence-electron chi connectivity index (χ3n) is 2.47. The van der Waals surface area contributed by atoms with E-state index in [0.717, 1.165) is 25.7 Å². The zero-order chi connectivity index (χ0) is 11.9. The molecule has 0 aliphatic heterocycles. The maximum absolute atomic E-state index is 10.7. The molecule has 15 heavy (non-hydrogen) atoms. The van der Waals surface area contributed by atoms with E-state index in [9.17, 15) is 9.59 Å². The first-order chi connectivity index (χ1) is 6.90. The molecule has 0 heterocycles. The molecule has 0 aliphatic carbocycles. The molecule has 0 rings (SSSR count). The van der Waals surface area contributed by atoms with Crippen molar-refractivity contribution in [2.75, 3.05) is 20.1 Å². The van der Waals surface area contributed by atoms with Crippen LogP contribution < -0.4 is 5.32 Å². The number of hydrogen-bond donors (Lipinski definition) is 2. The van der Waals surface area contributed by atoms with Crippen molar-refractivity contribution in [1.82, 2.24) is 10.2 Å². The lowest BCUT2D eigenvalue weighted by molar-refractivity contribution is -0.116. The van der Waals surface area contributed by atoms with Crippen LogP contribution in [0.4, 0.5) is 4.79 Å². The van der Waals surface area contributed by atoms with E-state index < -0.39 is 11.6 Å². The lowest BCUT2D eigenvalue weighted by Crippen LogP contribution is -2.43. The van der Waals surface area contributed by atoms with Gasteiger partial charge in [-0.25, -0.2) is 4.79 Å². The second kappa shape index (κ2) is 6.40. The minimum atomic E-state index is -0.989. The van der Waals surface area contributed by atoms with Crippen molar-refractivity contribution in [1.29, 1.82) is 0 Å². The molecule has 0 aliphatic rings. The number of nitrogens with one attached hydrogen (secondary N) is 1. The van der Waals surface area contributed by atoms with Gasteiger partial charge in [0, 0.05) is 6.54 Å². The SMILES string of the molecule is CN(CCCCNC(=O)O)C(C)(C)C=O. The Kier molecular flexibility index (Phi) is 5.93. The molecule has 5 nitrogen and oxygen atoms in total. The van der Waals surface area contributed by atoms with Gasteiger partial charge in [0.2, 0.25) is 0 Å². The van der Waals surface area contributed by atoms with Crippen molar-refractivity contribution in [2.45, 2.75) is 32.2 Å². The number of rotatable bonds is 7. The fourth-order valence-corrected chi connectivity index (χ4v) is 1.05. The predicted molar refractivity (Wildman–Crippen MR) is 58.0 cm³/mol. The van der Waals surface area contributed by atoms with Gasteiger partial charge in [0.1, 0.15) is 6.29 Å². The molecule has 0 unspecified atom stereocenters. The standard InChI is InChI=1S/C10H20N2O3/c1-10(2,8-13)12(3)7-5-4-6-11-9(14)15/h8,11H,4-7H2,1-3H3,(H,14,15). The van der Waals surface area contributed by atoms with Gasteiger partial charge in [0.15, 0.2) is 0 Å². The molecule has 0 radical (unpaired) electrons. The number of carboxylic acid groups (broad SMARTS) is 1. The largest absolute Gasteiger partial charge is 0.465 e. The summed E-state index contributed by atoms with van der Waals surface area (Å²) in [5.74, 6) is 0. The van der Waals surface area contributed by atoms with Crippen molar-refractivity contribution < 1.29 is 14.7 Å². The zero-order valence-electron chi connectivity index (χ0n) is 9.62. The van der Waals surface area contributed by atoms with Crippen LogP contribution in [0.5, 0.6) is 0 Å². The fraction of sp³-hybridized carbons (Fsp3) is 0.800. The first-order valence-corrected chi connectivity index (χ1v) is 5.04. The van der Waals surface area contributed by atoms with Crippen LogP contribution in [-0.2, 0) is 4.79 Å². The molecule has 5 heteroatoms. The number of unbranched alkanes of at least 4 members (excludes halogenated alkanes) is 1. The second-order valence-corrected chi connectivity index (χ2v) is 4.13. The lowest BCUT2D eigenvalue weighted by atomic mass is 10.1. The molecule has 0 fully saturated rings. The summed E-state index contributed by atoms with van der Waals surface area (Å²) in [7, 11) is 1.89. The predicted octanol–water partition coefficient (Wildman–Crippen LogP) is 0.944. The third kappa shape index (κ3) is 6.06. The molecule has 0 spiro atoms. The van der Waals surface area contributed by atoms with Crippen molar-refractivity contribution in [2.24, 2.45) is 0 Å². The molecule has 0 atom stereocenters. The average Bonchev–Trinajstić information content (AvgIpc) is 2.16. The van der Waals surface area contributed by atoms with Crippen molar-refractivity contribution in [3.05, 3.63) is 0 Å². The summed E-state index contributed by atoms with van der Waals surface area (Å²) in [5.41, 5.74) is -0.444. The molecular formula is C10H20N2O3. The van der Waals surface area contributed by atoms with Crippen LogP contribution in [0.2, 0.25) is 0 Å². The molecule has 0 bridgehead atoms. The maximum atomic E-state index is 10.7. The topological polar surface area (TPSA) is 69.6 Å². The summed E-state index contributed by atoms with van der Waals surface area (Å²) in [6, 6.07) is 0. The number of nitrogens with zero attached hydrogens (tertiary/aromatic N) is 1. The summed E-state index contributed by atoms with van der Waals surface area (Å²) < 4.78 is 0. The third-order valence-corrected chi connectivity index (χ3v) is 2.47. The molecule has 88 valence electrons. The Labute approximate surface area is 90.5 Å². The van der Waals surface area contributed by atoms with Gasteiger partial charge in [-0.2, -0.15) is 0 Å². The van der Waals surface area contributed by atoms with Crippen LogP contribution in [0.1, 0.15) is 26.7 Å². The molecule has 0 aromatic heterocycles. The van der Waals surface area contributed by atoms with E-state index in [2.05, 4.69) is 5.32 Å². The minimum Gasteiger partial charge on any atom is -0.465 e. The van der Waals surface area contributed by atoms with E-state index in [1.54, 1.807) is 0 Å². The van der Waals surface area contributed by atoms with Crippen molar-refractivity contribution >= 4 is 12.4 Å². The average molecular weight is 216 g/mol. The summed E-state index contributed by atoms with van der Waals surface area (Å²) in [6.07, 6.45) is 1.58. The van der Waals surface area contributed by atoms with E-state index >= 15 is 0 Å². The van der Waals surface area contributed by atoms with E-state index in [-0.39, 0.29) is 0 Å². The highest BCUT2D eigenvalue weighted by Crippen LogP contribution is 2.09. The minimum absolute atomic E-state index is 0.444. The van der Waals surface area contributed by atoms with Gasteiger partial charge in [-0.3, -0.25) is 4.90 Å². The van der Waals surface area contributed by atoms with Crippen molar-refractivity contribution in [3.8, 4) is 0 Å². The number of carbonyl (C=O) groups excluding carboxylic acids is 1. The second-order valence-electron chi connectivity index (χ2n) is 4.13. The molecule has 0 aromatic rings. The Morgan fingerprint density at radius 2 is 2.07 bits per heavy atom. The smallest absolute Gasteiger partial charge is 0.404 e. The highest BCUT2D eigenvalue weighted by molar-refractivity contribution is 5.64. The lowest BCUT2D eigenvalue weighted by Gasteiger charge is -2.30. The normalized spacial score (nSPS) is 11.5. The number of hydrogen-bond acceptors (Lipinski definition) is 3. The number of carbonyl (C=O) groups is 2. The molecule has 2 N–H and O–H groups in total. The van der Waals surface area contributed by atoms with Crippen LogP contribution in [0.3, 0.4) is 0 Å². The summed E-state index contributed by atoms with van der Waals surface area (Å²) in [6.45, 7) is 4.96. The number of likely N-dealkylation sites (N-methyl/N-ethyl adjacent to an activating group) is 1. The molecule has 0 aromatic carbocycles. The van der Waals surface area contributed by atoms with E-state index in [4.69, 9.17) is 5.11 Å². The molecule has 1 amide bonds. The molecule has 0 saturated carbocycles. The van der Waals surface area contributed by atoms with Gasteiger partial charge >= 0.3 is 6.09 Å². The Hall–Kier alpha value is -1.10. The van der Waals surface area contributed by atoms with Crippen molar-refractivity contribution in [3.63, 3.8) is 0 Å². The highest BCUT2D eigenvalue weighted by atomic mass is 16.4. The van der Waals surface area contributed by atoms with E-state index in [1.165, 1.54) is 0 Å². The first-order valence-electron chi connectivity index (χ1n) is 5.04. The van der Waals surface area contributed by atoms with E-state index in [1.807, 2.05) is 25.8 Å². The van der Waals surface area contributed by atoms with Crippen LogP contribution in [0.15, 0.2) is 0 Å². The Balaban J connectivity index is 3.59. The Morgan fingerprint density at radius 1 is 1.47 bits per heavy atom. The first kappa shape index (κ1) is 13.9. The fourth-order valence-electron chi connectivity index (χ4n) is 1.05. The van der Waals surface area contributed by atoms with Gasteiger partial charge in [0.05, 0.1) is 5.54 Å². The Bertz CT molecular complexity index is 217. The summed E-state index contributed by atoms with van der Waals surface area (Å²) >= 11 is 0. The van der Waals surface area contributed by atoms with Gasteiger partial charge < -0.3 is 15.2 Å². The molecular weight excluding hydrogens is 196 g/mol. The number of aldehydes is 1. The summed E-state index contributed by atoms with van der Waals surface area (Å²) in [5, 5.41) is 10.6. The van der Waals surface area contributed by atoms with E-state index in [0.29, 0.717) is 6.54 Å². The van der Waals surface area contributed by atoms with Crippen LogP contribution in [-0.4, -0.2) is 48.1 Å². The highest BCUT2D eigenvalue weighted by Gasteiger charge is 2.21. The quantitative estimate of drug-likeness (QED) is 0.491. The number of amides is 1. The Morgan fingerprint density at radius 3 is 2.53 bits per heavy atom. The van der Waals surface area contributed by atoms with Gasteiger partial charge in [-0.15, -0.1) is 0 Å². The monoisotopic (exact) mass is 216 g/mol. The molecule has 0 saturated heterocycles. The van der Waals surface area contributed by atoms with Crippen LogP contribution in [0.25, 0.3) is 0 Å². The van der Waals surface area contributed by atoms with Crippen LogP contribution in [0, 0.1) is 0 Å². The van der Waals surface area contributed by atoms with Gasteiger partial charge in [-0.1, -0.05) is 0 Å². The zero-order valence-corrected chi connectivity index (χ0v) is 9.62. The maximum Gasteiger partial charge on any atom is 0.404 e. The van der Waals surface area contributed by atoms with Crippen LogP contribution >= 0.6 is 0 Å².